The van der Waals surface area contributed by atoms with Crippen LogP contribution in [0.2, 0.25) is 0 Å². The number of nitrogens with zero attached hydrogens (tertiary/aromatic N) is 2. The van der Waals surface area contributed by atoms with Gasteiger partial charge in [-0.05, 0) is 38.3 Å². The first-order valence-electron chi connectivity index (χ1n) is 9.07. The number of oxazole rings is 1. The summed E-state index contributed by atoms with van der Waals surface area (Å²) in [6.07, 6.45) is 4.41. The second kappa shape index (κ2) is 7.58. The number of anilines is 2. The number of aromatic nitrogens is 1. The topological polar surface area (TPSA) is 94.3 Å². The third-order valence-corrected chi connectivity index (χ3v) is 4.70. The molecule has 3 heterocycles. The third-order valence-electron chi connectivity index (χ3n) is 4.70. The molecule has 2 aromatic rings. The van der Waals surface area contributed by atoms with Crippen molar-refractivity contribution in [2.24, 2.45) is 0 Å². The zero-order valence-electron chi connectivity index (χ0n) is 15.1. The molecule has 1 fully saturated rings. The van der Waals surface area contributed by atoms with E-state index in [-0.39, 0.29) is 24.5 Å². The van der Waals surface area contributed by atoms with E-state index in [1.54, 1.807) is 18.3 Å². The first-order chi connectivity index (χ1) is 13.1. The van der Waals surface area contributed by atoms with Gasteiger partial charge in [0.25, 0.3) is 0 Å². The highest BCUT2D eigenvalue weighted by molar-refractivity contribution is 5.94. The normalized spacial score (nSPS) is 22.2. The minimum Gasteiger partial charge on any atom is -0.488 e. The summed E-state index contributed by atoms with van der Waals surface area (Å²) in [6.45, 7) is 3.13. The predicted molar refractivity (Wildman–Crippen MR) is 95.6 cm³/mol. The molecule has 1 saturated heterocycles. The summed E-state index contributed by atoms with van der Waals surface area (Å²) >= 11 is 0. The number of aromatic carboxylic acids is 1. The van der Waals surface area contributed by atoms with Crippen LogP contribution in [-0.2, 0) is 9.47 Å². The second-order valence-electron chi connectivity index (χ2n) is 6.68. The van der Waals surface area contributed by atoms with Crippen molar-refractivity contribution in [3.05, 3.63) is 35.7 Å². The summed E-state index contributed by atoms with van der Waals surface area (Å²) in [4.78, 5) is 17.7. The van der Waals surface area contributed by atoms with Crippen LogP contribution in [0.3, 0.4) is 0 Å². The largest absolute Gasteiger partial charge is 0.488 e. The van der Waals surface area contributed by atoms with E-state index in [2.05, 4.69) is 4.98 Å². The van der Waals surface area contributed by atoms with Crippen molar-refractivity contribution in [1.82, 2.24) is 4.98 Å². The van der Waals surface area contributed by atoms with E-state index in [9.17, 15) is 9.90 Å². The van der Waals surface area contributed by atoms with E-state index < -0.39 is 5.97 Å². The maximum Gasteiger partial charge on any atom is 0.339 e. The van der Waals surface area contributed by atoms with E-state index in [0.717, 1.165) is 19.3 Å². The van der Waals surface area contributed by atoms with Crippen LogP contribution in [0.1, 0.15) is 35.4 Å². The quantitative estimate of drug-likeness (QED) is 0.853. The van der Waals surface area contributed by atoms with Crippen LogP contribution in [0.5, 0.6) is 5.75 Å². The van der Waals surface area contributed by atoms with Crippen molar-refractivity contribution in [2.45, 2.75) is 38.5 Å². The molecule has 8 nitrogen and oxygen atoms in total. The Morgan fingerprint density at radius 3 is 3.00 bits per heavy atom. The number of carbonyl (C=O) groups is 1. The van der Waals surface area contributed by atoms with Gasteiger partial charge in [-0.2, -0.15) is 0 Å². The standard InChI is InChI=1S/C19H22N2O6/c1-12-9-20-19(27-12)21-13(10-25-16-7-2-3-8-24-16)11-26-17-14(18(22)23)5-4-6-15(17)21/h4-6,9,13,16H,2-3,7-8,10-11H2,1H3,(H,22,23)/t13-,16?/m1/s1. The highest BCUT2D eigenvalue weighted by Crippen LogP contribution is 2.41. The Balaban J connectivity index is 1.63. The highest BCUT2D eigenvalue weighted by atomic mass is 16.7. The smallest absolute Gasteiger partial charge is 0.339 e. The fourth-order valence-electron chi connectivity index (χ4n) is 3.38. The molecule has 0 amide bonds. The minimum atomic E-state index is -1.04. The van der Waals surface area contributed by atoms with Crippen molar-refractivity contribution in [3.8, 4) is 5.75 Å². The zero-order chi connectivity index (χ0) is 18.8. The van der Waals surface area contributed by atoms with Crippen LogP contribution < -0.4 is 9.64 Å². The Bertz CT molecular complexity index is 814. The molecule has 2 aliphatic heterocycles. The Labute approximate surface area is 156 Å². The van der Waals surface area contributed by atoms with Gasteiger partial charge in [-0.3, -0.25) is 4.90 Å². The molecule has 4 rings (SSSR count). The molecule has 0 bridgehead atoms. The minimum absolute atomic E-state index is 0.107. The molecule has 1 unspecified atom stereocenters. The van der Waals surface area contributed by atoms with E-state index in [1.807, 2.05) is 11.8 Å². The van der Waals surface area contributed by atoms with Crippen molar-refractivity contribution in [3.63, 3.8) is 0 Å². The molecule has 1 aromatic carbocycles. The lowest BCUT2D eigenvalue weighted by atomic mass is 10.1. The number of carboxylic acids is 1. The van der Waals surface area contributed by atoms with Crippen molar-refractivity contribution in [1.29, 1.82) is 0 Å². The fraction of sp³-hybridized carbons (Fsp3) is 0.474. The molecule has 2 atom stereocenters. The summed E-state index contributed by atoms with van der Waals surface area (Å²) in [6, 6.07) is 5.17. The number of aryl methyl sites for hydroxylation is 1. The monoisotopic (exact) mass is 374 g/mol. The molecule has 8 heteroatoms. The SMILES string of the molecule is Cc1cnc(N2c3cccc(C(=O)O)c3OC[C@H]2COC2CCCCO2)o1. The third kappa shape index (κ3) is 3.63. The average Bonchev–Trinajstić information content (AvgIpc) is 3.11. The van der Waals surface area contributed by atoms with Gasteiger partial charge >= 0.3 is 12.0 Å². The number of rotatable bonds is 5. The number of carboxylic acid groups (broad SMARTS) is 1. The number of fused-ring (bicyclic) bond motifs is 1. The lowest BCUT2D eigenvalue weighted by Gasteiger charge is -2.37. The second-order valence-corrected chi connectivity index (χ2v) is 6.68. The molecule has 1 aromatic heterocycles. The maximum absolute atomic E-state index is 11.6. The molecule has 27 heavy (non-hydrogen) atoms. The summed E-state index contributed by atoms with van der Waals surface area (Å²) in [5.74, 6) is -0.0607. The molecule has 1 N–H and O–H groups in total. The Morgan fingerprint density at radius 1 is 1.41 bits per heavy atom. The number of hydrogen-bond acceptors (Lipinski definition) is 7. The fourth-order valence-corrected chi connectivity index (χ4v) is 3.38. The summed E-state index contributed by atoms with van der Waals surface area (Å²) in [7, 11) is 0. The van der Waals surface area contributed by atoms with Crippen LogP contribution >= 0.6 is 0 Å². The molecular formula is C19H22N2O6. The van der Waals surface area contributed by atoms with E-state index in [0.29, 0.717) is 36.4 Å². The van der Waals surface area contributed by atoms with Crippen LogP contribution in [0.25, 0.3) is 0 Å². The van der Waals surface area contributed by atoms with Gasteiger partial charge in [0, 0.05) is 6.61 Å². The average molecular weight is 374 g/mol. The highest BCUT2D eigenvalue weighted by Gasteiger charge is 2.35. The Morgan fingerprint density at radius 2 is 2.30 bits per heavy atom. The van der Waals surface area contributed by atoms with Gasteiger partial charge in [0.1, 0.15) is 17.9 Å². The molecule has 0 aliphatic carbocycles. The van der Waals surface area contributed by atoms with E-state index in [4.69, 9.17) is 18.6 Å². The van der Waals surface area contributed by atoms with Crippen molar-refractivity contribution >= 4 is 17.7 Å². The summed E-state index contributed by atoms with van der Waals surface area (Å²) < 4.78 is 23.1. The Hall–Kier alpha value is -2.58. The summed E-state index contributed by atoms with van der Waals surface area (Å²) in [5, 5.41) is 9.46. The zero-order valence-corrected chi connectivity index (χ0v) is 15.1. The van der Waals surface area contributed by atoms with Crippen LogP contribution in [0.15, 0.2) is 28.8 Å². The van der Waals surface area contributed by atoms with Gasteiger partial charge in [0.15, 0.2) is 12.0 Å². The number of hydrogen-bond donors (Lipinski definition) is 1. The first-order valence-corrected chi connectivity index (χ1v) is 9.07. The molecule has 144 valence electrons. The number of para-hydroxylation sites is 1. The lowest BCUT2D eigenvalue weighted by Crippen LogP contribution is -2.44. The summed E-state index contributed by atoms with van der Waals surface area (Å²) in [5.41, 5.74) is 0.705. The number of ether oxygens (including phenoxy) is 3. The van der Waals surface area contributed by atoms with Crippen molar-refractivity contribution < 1.29 is 28.5 Å². The molecule has 0 spiro atoms. The van der Waals surface area contributed by atoms with Gasteiger partial charge in [0.05, 0.1) is 24.5 Å². The van der Waals surface area contributed by atoms with Crippen LogP contribution in [-0.4, -0.2) is 48.2 Å². The van der Waals surface area contributed by atoms with Gasteiger partial charge in [-0.25, -0.2) is 9.78 Å². The molecule has 0 saturated carbocycles. The predicted octanol–water partition coefficient (Wildman–Crippen LogP) is 3.12. The molecule has 2 aliphatic rings. The van der Waals surface area contributed by atoms with Gasteiger partial charge in [-0.15, -0.1) is 0 Å². The Kier molecular flexibility index (Phi) is 5.00. The lowest BCUT2D eigenvalue weighted by molar-refractivity contribution is -0.165. The van der Waals surface area contributed by atoms with Crippen LogP contribution in [0, 0.1) is 6.92 Å². The molecular weight excluding hydrogens is 352 g/mol. The molecule has 0 radical (unpaired) electrons. The van der Waals surface area contributed by atoms with Gasteiger partial charge < -0.3 is 23.7 Å². The van der Waals surface area contributed by atoms with E-state index >= 15 is 0 Å². The van der Waals surface area contributed by atoms with Gasteiger partial charge in [0.2, 0.25) is 0 Å². The first kappa shape index (κ1) is 17.8. The van der Waals surface area contributed by atoms with E-state index in [1.165, 1.54) is 6.07 Å². The maximum atomic E-state index is 11.6. The van der Waals surface area contributed by atoms with Crippen LogP contribution in [0.4, 0.5) is 11.7 Å². The van der Waals surface area contributed by atoms with Gasteiger partial charge in [-0.1, -0.05) is 6.07 Å². The number of benzene rings is 1. The van der Waals surface area contributed by atoms with Crippen molar-refractivity contribution in [2.75, 3.05) is 24.7 Å².